The maximum atomic E-state index is 12.8. The number of allylic oxidation sites excluding steroid dienone is 1. The second kappa shape index (κ2) is 8.79. The van der Waals surface area contributed by atoms with Crippen LogP contribution in [-0.4, -0.2) is 54.1 Å². The molecule has 3 rings (SSSR count). The molecule has 2 aliphatic rings. The summed E-state index contributed by atoms with van der Waals surface area (Å²) in [5.74, 6) is 0.169. The van der Waals surface area contributed by atoms with Gasteiger partial charge in [0.1, 0.15) is 12.4 Å². The molecule has 2 atom stereocenters. The van der Waals surface area contributed by atoms with E-state index in [1.165, 1.54) is 11.8 Å². The van der Waals surface area contributed by atoms with Crippen LogP contribution in [0.25, 0.3) is 0 Å². The second-order valence-corrected chi connectivity index (χ2v) is 7.70. The molecule has 1 aromatic rings. The number of aliphatic imine (C=N–C) groups is 1. The van der Waals surface area contributed by atoms with Gasteiger partial charge in [-0.1, -0.05) is 23.9 Å². The molecule has 0 radical (unpaired) electrons. The van der Waals surface area contributed by atoms with Gasteiger partial charge in [-0.3, -0.25) is 9.69 Å². The van der Waals surface area contributed by atoms with Gasteiger partial charge in [-0.15, -0.1) is 0 Å². The average Bonchev–Trinajstić information content (AvgIpc) is 2.95. The molecule has 0 aliphatic carbocycles. The van der Waals surface area contributed by atoms with Gasteiger partial charge in [-0.25, -0.2) is 9.79 Å². The molecule has 28 heavy (non-hydrogen) atoms. The standard InChI is InChI=1S/C20H24N2O5S/c1-5-26-15-8-6-14(7-9-15)17-16(19(24)27-11-10-25-4)12(2)21-20-22(17)18(23)13(3)28-20/h6-9,13,17H,5,10-11H2,1-4H3. The maximum Gasteiger partial charge on any atom is 0.338 e. The number of hydrogen-bond acceptors (Lipinski definition) is 7. The molecule has 1 aromatic carbocycles. The Morgan fingerprint density at radius 1 is 1.25 bits per heavy atom. The van der Waals surface area contributed by atoms with Gasteiger partial charge in [0, 0.05) is 7.11 Å². The number of amidine groups is 1. The highest BCUT2D eigenvalue weighted by atomic mass is 32.2. The zero-order valence-electron chi connectivity index (χ0n) is 16.4. The minimum Gasteiger partial charge on any atom is -0.494 e. The largest absolute Gasteiger partial charge is 0.494 e. The van der Waals surface area contributed by atoms with E-state index >= 15 is 0 Å². The predicted octanol–water partition coefficient (Wildman–Crippen LogP) is 2.92. The highest BCUT2D eigenvalue weighted by Crippen LogP contribution is 2.43. The number of rotatable bonds is 7. The summed E-state index contributed by atoms with van der Waals surface area (Å²) >= 11 is 1.40. The summed E-state index contributed by atoms with van der Waals surface area (Å²) in [6.07, 6.45) is 0. The maximum absolute atomic E-state index is 12.8. The Morgan fingerprint density at radius 2 is 1.96 bits per heavy atom. The summed E-state index contributed by atoms with van der Waals surface area (Å²) in [4.78, 5) is 31.8. The Bertz CT molecular complexity index is 818. The van der Waals surface area contributed by atoms with Gasteiger partial charge in [0.2, 0.25) is 5.91 Å². The third-order valence-electron chi connectivity index (χ3n) is 4.51. The van der Waals surface area contributed by atoms with Crippen LogP contribution in [0.1, 0.15) is 32.4 Å². The molecule has 0 saturated carbocycles. The van der Waals surface area contributed by atoms with Crippen molar-refractivity contribution >= 4 is 28.8 Å². The van der Waals surface area contributed by atoms with Crippen LogP contribution in [0.15, 0.2) is 40.5 Å². The van der Waals surface area contributed by atoms with Crippen LogP contribution < -0.4 is 4.74 Å². The van der Waals surface area contributed by atoms with Crippen molar-refractivity contribution in [2.45, 2.75) is 32.1 Å². The zero-order valence-corrected chi connectivity index (χ0v) is 17.2. The van der Waals surface area contributed by atoms with Crippen molar-refractivity contribution < 1.29 is 23.8 Å². The van der Waals surface area contributed by atoms with Gasteiger partial charge < -0.3 is 14.2 Å². The van der Waals surface area contributed by atoms with Gasteiger partial charge in [0.25, 0.3) is 0 Å². The monoisotopic (exact) mass is 404 g/mol. The fourth-order valence-corrected chi connectivity index (χ4v) is 4.22. The number of carbonyl (C=O) groups excluding carboxylic acids is 2. The smallest absolute Gasteiger partial charge is 0.338 e. The van der Waals surface area contributed by atoms with Crippen molar-refractivity contribution in [2.24, 2.45) is 4.99 Å². The van der Waals surface area contributed by atoms with Crippen molar-refractivity contribution in [1.82, 2.24) is 4.90 Å². The first-order valence-electron chi connectivity index (χ1n) is 9.16. The molecular formula is C20H24N2O5S. The van der Waals surface area contributed by atoms with Gasteiger partial charge in [-0.05, 0) is 38.5 Å². The first-order valence-corrected chi connectivity index (χ1v) is 10.0. The zero-order chi connectivity index (χ0) is 20.3. The van der Waals surface area contributed by atoms with Crippen LogP contribution in [0.4, 0.5) is 0 Å². The lowest BCUT2D eigenvalue weighted by Crippen LogP contribution is -2.40. The summed E-state index contributed by atoms with van der Waals surface area (Å²) in [5.41, 5.74) is 1.73. The van der Waals surface area contributed by atoms with Gasteiger partial charge >= 0.3 is 5.97 Å². The van der Waals surface area contributed by atoms with Crippen LogP contribution in [0.5, 0.6) is 5.75 Å². The molecule has 2 heterocycles. The number of ether oxygens (including phenoxy) is 3. The molecule has 0 bridgehead atoms. The molecule has 150 valence electrons. The number of benzene rings is 1. The number of amides is 1. The summed E-state index contributed by atoms with van der Waals surface area (Å²) < 4.78 is 15.8. The molecule has 0 N–H and O–H groups in total. The van der Waals surface area contributed by atoms with E-state index in [2.05, 4.69) is 4.99 Å². The number of fused-ring (bicyclic) bond motifs is 1. The number of esters is 1. The fraction of sp³-hybridized carbons (Fsp3) is 0.450. The summed E-state index contributed by atoms with van der Waals surface area (Å²) in [5, 5.41) is 0.364. The van der Waals surface area contributed by atoms with E-state index in [1.807, 2.05) is 38.1 Å². The van der Waals surface area contributed by atoms with E-state index in [-0.39, 0.29) is 17.8 Å². The van der Waals surface area contributed by atoms with E-state index in [1.54, 1.807) is 18.9 Å². The highest BCUT2D eigenvalue weighted by Gasteiger charge is 2.46. The molecule has 8 heteroatoms. The number of carbonyl (C=O) groups is 2. The molecule has 1 amide bonds. The normalized spacial score (nSPS) is 21.5. The first-order chi connectivity index (χ1) is 13.5. The third kappa shape index (κ3) is 3.93. The van der Waals surface area contributed by atoms with E-state index in [4.69, 9.17) is 14.2 Å². The van der Waals surface area contributed by atoms with Crippen LogP contribution >= 0.6 is 11.8 Å². The number of hydrogen-bond donors (Lipinski definition) is 0. The average molecular weight is 404 g/mol. The van der Waals surface area contributed by atoms with Gasteiger partial charge in [-0.2, -0.15) is 0 Å². The second-order valence-electron chi connectivity index (χ2n) is 6.40. The van der Waals surface area contributed by atoms with Crippen LogP contribution in [0.3, 0.4) is 0 Å². The number of methoxy groups -OCH3 is 1. The minimum absolute atomic E-state index is 0.0719. The van der Waals surface area contributed by atoms with E-state index < -0.39 is 12.0 Å². The Balaban J connectivity index is 2.00. The fourth-order valence-electron chi connectivity index (χ4n) is 3.19. The minimum atomic E-state index is -0.580. The molecule has 0 spiro atoms. The topological polar surface area (TPSA) is 77.4 Å². The third-order valence-corrected chi connectivity index (χ3v) is 5.56. The predicted molar refractivity (Wildman–Crippen MR) is 107 cm³/mol. The van der Waals surface area contributed by atoms with Crippen LogP contribution in [0.2, 0.25) is 0 Å². The Morgan fingerprint density at radius 3 is 2.61 bits per heavy atom. The SMILES string of the molecule is CCOc1ccc(C2C(C(=O)OCCOC)=C(C)N=C3SC(C)C(=O)N32)cc1. The Kier molecular flexibility index (Phi) is 6.41. The summed E-state index contributed by atoms with van der Waals surface area (Å²) in [6.45, 7) is 6.53. The van der Waals surface area contributed by atoms with Crippen molar-refractivity contribution in [2.75, 3.05) is 26.9 Å². The Labute approximate surface area is 168 Å². The van der Waals surface area contributed by atoms with Crippen LogP contribution in [-0.2, 0) is 19.1 Å². The number of nitrogens with zero attached hydrogens (tertiary/aromatic N) is 2. The lowest BCUT2D eigenvalue weighted by molar-refractivity contribution is -0.141. The van der Waals surface area contributed by atoms with Gasteiger partial charge in [0.15, 0.2) is 5.17 Å². The van der Waals surface area contributed by atoms with Crippen molar-refractivity contribution in [3.8, 4) is 5.75 Å². The van der Waals surface area contributed by atoms with Crippen molar-refractivity contribution in [3.05, 3.63) is 41.1 Å². The molecule has 2 aliphatic heterocycles. The van der Waals surface area contributed by atoms with E-state index in [0.29, 0.717) is 29.7 Å². The van der Waals surface area contributed by atoms with Gasteiger partial charge in [0.05, 0.1) is 35.8 Å². The first kappa shape index (κ1) is 20.4. The summed E-state index contributed by atoms with van der Waals surface area (Å²) in [6, 6.07) is 6.84. The molecule has 1 fully saturated rings. The molecular weight excluding hydrogens is 380 g/mol. The van der Waals surface area contributed by atoms with Crippen LogP contribution in [0, 0.1) is 0 Å². The molecule has 7 nitrogen and oxygen atoms in total. The molecule has 2 unspecified atom stereocenters. The Hall–Kier alpha value is -2.32. The van der Waals surface area contributed by atoms with E-state index in [9.17, 15) is 9.59 Å². The lowest BCUT2D eigenvalue weighted by atomic mass is 9.94. The highest BCUT2D eigenvalue weighted by molar-refractivity contribution is 8.15. The van der Waals surface area contributed by atoms with Crippen molar-refractivity contribution in [3.63, 3.8) is 0 Å². The van der Waals surface area contributed by atoms with Crippen molar-refractivity contribution in [1.29, 1.82) is 0 Å². The quantitative estimate of drug-likeness (QED) is 0.514. The van der Waals surface area contributed by atoms with E-state index in [0.717, 1.165) is 11.3 Å². The lowest BCUT2D eigenvalue weighted by Gasteiger charge is -2.33. The molecule has 0 aromatic heterocycles. The number of thioether (sulfide) groups is 1. The molecule has 1 saturated heterocycles. The summed E-state index contributed by atoms with van der Waals surface area (Å²) in [7, 11) is 1.54.